The first-order chi connectivity index (χ1) is 8.29. The molecule has 2 N–H and O–H groups in total. The average molecular weight is 269 g/mol. The SMILES string of the molecule is C=CCOc1cccc(NC(=O)C2CNC2)c1.Cl. The molecule has 0 bridgehead atoms. The van der Waals surface area contributed by atoms with Crippen molar-refractivity contribution < 1.29 is 9.53 Å². The van der Waals surface area contributed by atoms with Gasteiger partial charge in [-0.2, -0.15) is 0 Å². The first-order valence-electron chi connectivity index (χ1n) is 5.65. The number of carbonyl (C=O) groups excluding carboxylic acids is 1. The van der Waals surface area contributed by atoms with E-state index in [4.69, 9.17) is 4.74 Å². The topological polar surface area (TPSA) is 50.4 Å². The Morgan fingerprint density at radius 1 is 1.56 bits per heavy atom. The summed E-state index contributed by atoms with van der Waals surface area (Å²) in [6.07, 6.45) is 1.69. The summed E-state index contributed by atoms with van der Waals surface area (Å²) in [5.74, 6) is 0.881. The Morgan fingerprint density at radius 2 is 2.33 bits per heavy atom. The van der Waals surface area contributed by atoms with Crippen LogP contribution in [0.3, 0.4) is 0 Å². The lowest BCUT2D eigenvalue weighted by Crippen LogP contribution is -2.48. The molecule has 4 nitrogen and oxygen atoms in total. The molecular weight excluding hydrogens is 252 g/mol. The van der Waals surface area contributed by atoms with Gasteiger partial charge < -0.3 is 15.4 Å². The number of rotatable bonds is 5. The molecule has 18 heavy (non-hydrogen) atoms. The van der Waals surface area contributed by atoms with Gasteiger partial charge in [0.25, 0.3) is 0 Å². The molecule has 0 saturated carbocycles. The molecular formula is C13H17ClN2O2. The fourth-order valence-corrected chi connectivity index (χ4v) is 1.54. The van der Waals surface area contributed by atoms with Crippen molar-refractivity contribution in [2.24, 2.45) is 5.92 Å². The van der Waals surface area contributed by atoms with Crippen molar-refractivity contribution in [1.82, 2.24) is 5.32 Å². The van der Waals surface area contributed by atoms with E-state index in [1.165, 1.54) is 0 Å². The number of nitrogens with one attached hydrogen (secondary N) is 2. The lowest BCUT2D eigenvalue weighted by atomic mass is 10.0. The van der Waals surface area contributed by atoms with E-state index in [9.17, 15) is 4.79 Å². The highest BCUT2D eigenvalue weighted by Gasteiger charge is 2.24. The van der Waals surface area contributed by atoms with Gasteiger partial charge in [-0.25, -0.2) is 0 Å². The van der Waals surface area contributed by atoms with Crippen LogP contribution in [0.5, 0.6) is 5.75 Å². The summed E-state index contributed by atoms with van der Waals surface area (Å²) in [5, 5.41) is 5.95. The summed E-state index contributed by atoms with van der Waals surface area (Å²) in [4.78, 5) is 11.7. The minimum Gasteiger partial charge on any atom is -0.489 e. The van der Waals surface area contributed by atoms with E-state index in [1.54, 1.807) is 6.08 Å². The zero-order valence-electron chi connectivity index (χ0n) is 10.0. The van der Waals surface area contributed by atoms with Crippen molar-refractivity contribution >= 4 is 24.0 Å². The predicted molar refractivity (Wildman–Crippen MR) is 74.4 cm³/mol. The lowest BCUT2D eigenvalue weighted by molar-refractivity contribution is -0.121. The van der Waals surface area contributed by atoms with Crippen molar-refractivity contribution in [1.29, 1.82) is 0 Å². The summed E-state index contributed by atoms with van der Waals surface area (Å²) in [5.41, 5.74) is 0.767. The van der Waals surface area contributed by atoms with Crippen LogP contribution in [0.1, 0.15) is 0 Å². The molecule has 2 rings (SSSR count). The van der Waals surface area contributed by atoms with E-state index < -0.39 is 0 Å². The Hall–Kier alpha value is -1.52. The van der Waals surface area contributed by atoms with Gasteiger partial charge in [-0.1, -0.05) is 18.7 Å². The molecule has 1 aromatic rings. The fraction of sp³-hybridized carbons (Fsp3) is 0.308. The highest BCUT2D eigenvalue weighted by Crippen LogP contribution is 2.18. The van der Waals surface area contributed by atoms with E-state index in [1.807, 2.05) is 24.3 Å². The van der Waals surface area contributed by atoms with Crippen LogP contribution in [0.4, 0.5) is 5.69 Å². The van der Waals surface area contributed by atoms with Gasteiger partial charge in [-0.05, 0) is 12.1 Å². The summed E-state index contributed by atoms with van der Waals surface area (Å²) in [6.45, 7) is 5.57. The number of halogens is 1. The first kappa shape index (κ1) is 14.5. The number of benzene rings is 1. The second-order valence-electron chi connectivity index (χ2n) is 3.97. The van der Waals surface area contributed by atoms with E-state index >= 15 is 0 Å². The van der Waals surface area contributed by atoms with E-state index in [2.05, 4.69) is 17.2 Å². The second kappa shape index (κ2) is 7.03. The zero-order chi connectivity index (χ0) is 12.1. The second-order valence-corrected chi connectivity index (χ2v) is 3.97. The molecule has 0 aromatic heterocycles. The van der Waals surface area contributed by atoms with Crippen LogP contribution in [0.2, 0.25) is 0 Å². The summed E-state index contributed by atoms with van der Waals surface area (Å²) >= 11 is 0. The van der Waals surface area contributed by atoms with Crippen LogP contribution < -0.4 is 15.4 Å². The van der Waals surface area contributed by atoms with Crippen molar-refractivity contribution in [2.75, 3.05) is 25.0 Å². The van der Waals surface area contributed by atoms with Gasteiger partial charge >= 0.3 is 0 Å². The van der Waals surface area contributed by atoms with Gasteiger partial charge in [0.2, 0.25) is 5.91 Å². The molecule has 1 heterocycles. The third kappa shape index (κ3) is 3.75. The molecule has 0 radical (unpaired) electrons. The first-order valence-corrected chi connectivity index (χ1v) is 5.65. The number of ether oxygens (including phenoxy) is 1. The fourth-order valence-electron chi connectivity index (χ4n) is 1.54. The summed E-state index contributed by atoms with van der Waals surface area (Å²) < 4.78 is 5.40. The van der Waals surface area contributed by atoms with Gasteiger partial charge in [-0.15, -0.1) is 12.4 Å². The number of hydrogen-bond acceptors (Lipinski definition) is 3. The maximum Gasteiger partial charge on any atom is 0.230 e. The quantitative estimate of drug-likeness (QED) is 0.801. The van der Waals surface area contributed by atoms with Crippen molar-refractivity contribution in [3.05, 3.63) is 36.9 Å². The maximum absolute atomic E-state index is 11.7. The molecule has 0 aliphatic carbocycles. The van der Waals surface area contributed by atoms with Crippen molar-refractivity contribution in [2.45, 2.75) is 0 Å². The molecule has 0 atom stereocenters. The van der Waals surface area contributed by atoms with Gasteiger partial charge in [0.1, 0.15) is 12.4 Å². The van der Waals surface area contributed by atoms with Gasteiger partial charge in [0.05, 0.1) is 5.92 Å². The Kier molecular flexibility index (Phi) is 5.68. The molecule has 5 heteroatoms. The number of amides is 1. The molecule has 1 fully saturated rings. The van der Waals surface area contributed by atoms with Gasteiger partial charge in [-0.3, -0.25) is 4.79 Å². The van der Waals surface area contributed by atoms with Crippen LogP contribution in [0, 0.1) is 5.92 Å². The monoisotopic (exact) mass is 268 g/mol. The predicted octanol–water partition coefficient (Wildman–Crippen LogP) is 1.83. The van der Waals surface area contributed by atoms with E-state index in [-0.39, 0.29) is 24.2 Å². The summed E-state index contributed by atoms with van der Waals surface area (Å²) in [7, 11) is 0. The van der Waals surface area contributed by atoms with Crippen molar-refractivity contribution in [3.63, 3.8) is 0 Å². The average Bonchev–Trinajstić information content (AvgIpc) is 2.24. The molecule has 1 aromatic carbocycles. The number of hydrogen-bond donors (Lipinski definition) is 2. The van der Waals surface area contributed by atoms with E-state index in [0.717, 1.165) is 24.5 Å². The molecule has 1 saturated heterocycles. The molecule has 98 valence electrons. The molecule has 0 unspecified atom stereocenters. The van der Waals surface area contributed by atoms with Gasteiger partial charge in [0.15, 0.2) is 0 Å². The minimum absolute atomic E-state index is 0. The highest BCUT2D eigenvalue weighted by atomic mass is 35.5. The third-order valence-electron chi connectivity index (χ3n) is 2.62. The Labute approximate surface area is 113 Å². The molecule has 1 amide bonds. The van der Waals surface area contributed by atoms with Crippen LogP contribution in [-0.4, -0.2) is 25.6 Å². The van der Waals surface area contributed by atoms with Crippen LogP contribution in [0.25, 0.3) is 0 Å². The Bertz CT molecular complexity index is 419. The van der Waals surface area contributed by atoms with Crippen LogP contribution >= 0.6 is 12.4 Å². The largest absolute Gasteiger partial charge is 0.489 e. The Balaban J connectivity index is 0.00000162. The summed E-state index contributed by atoms with van der Waals surface area (Å²) in [6, 6.07) is 7.37. The standard InChI is InChI=1S/C13H16N2O2.ClH/c1-2-6-17-12-5-3-4-11(7-12)15-13(16)10-8-14-9-10;/h2-5,7,10,14H,1,6,8-9H2,(H,15,16);1H. The van der Waals surface area contributed by atoms with E-state index in [0.29, 0.717) is 6.61 Å². The van der Waals surface area contributed by atoms with Gasteiger partial charge in [0, 0.05) is 24.8 Å². The minimum atomic E-state index is 0. The lowest BCUT2D eigenvalue weighted by Gasteiger charge is -2.25. The normalized spacial score (nSPS) is 14.0. The molecule has 0 spiro atoms. The third-order valence-corrected chi connectivity index (χ3v) is 2.62. The number of anilines is 1. The molecule has 1 aliphatic rings. The maximum atomic E-state index is 11.7. The Morgan fingerprint density at radius 3 is 2.94 bits per heavy atom. The highest BCUT2D eigenvalue weighted by molar-refractivity contribution is 5.93. The molecule has 1 aliphatic heterocycles. The van der Waals surface area contributed by atoms with Crippen LogP contribution in [-0.2, 0) is 4.79 Å². The van der Waals surface area contributed by atoms with Crippen molar-refractivity contribution in [3.8, 4) is 5.75 Å². The number of carbonyl (C=O) groups is 1. The zero-order valence-corrected chi connectivity index (χ0v) is 10.8. The van der Waals surface area contributed by atoms with Crippen LogP contribution in [0.15, 0.2) is 36.9 Å². The smallest absolute Gasteiger partial charge is 0.230 e.